The lowest BCUT2D eigenvalue weighted by Gasteiger charge is -2.33. The van der Waals surface area contributed by atoms with Gasteiger partial charge in [0.2, 0.25) is 29.5 Å². The molecule has 4 rings (SSSR count). The van der Waals surface area contributed by atoms with E-state index in [0.717, 1.165) is 42.0 Å². The fraction of sp³-hybridized carbons (Fsp3) is 0.450. The van der Waals surface area contributed by atoms with Crippen molar-refractivity contribution in [3.05, 3.63) is 77.9 Å². The van der Waals surface area contributed by atoms with Crippen molar-refractivity contribution in [2.45, 2.75) is 88.9 Å². The van der Waals surface area contributed by atoms with Gasteiger partial charge in [-0.25, -0.2) is 0 Å². The summed E-state index contributed by atoms with van der Waals surface area (Å²) in [6, 6.07) is 15.3. The first-order valence-electron chi connectivity index (χ1n) is 19.0. The number of amides is 5. The molecule has 11 N–H and O–H groups in total. The molecule has 15 heteroatoms. The molecule has 296 valence electrons. The van der Waals surface area contributed by atoms with Gasteiger partial charge in [0.15, 0.2) is 5.96 Å². The van der Waals surface area contributed by atoms with E-state index in [1.54, 1.807) is 19.1 Å². The predicted octanol–water partition coefficient (Wildman–Crippen LogP) is 1.30. The Bertz CT molecular complexity index is 1790. The molecule has 1 saturated heterocycles. The molecule has 3 aromatic carbocycles. The number of guanidine groups is 1. The van der Waals surface area contributed by atoms with Crippen LogP contribution in [0.5, 0.6) is 5.75 Å². The van der Waals surface area contributed by atoms with Crippen LogP contribution in [0, 0.1) is 5.41 Å². The van der Waals surface area contributed by atoms with Gasteiger partial charge in [0.05, 0.1) is 6.54 Å². The SMILES string of the molecule is C[C@@H]1C(=O)N[C@@H](CCCNC(=N)N)C(=O)N[C@@H](Cc2ccc3ccccc3c2)C(=O)NCC(=O)N[C@H](Cc2ccc(O)cc2)C(=O)N1CCCCCCCN. The molecule has 0 aromatic heterocycles. The van der Waals surface area contributed by atoms with Crippen molar-refractivity contribution in [1.29, 1.82) is 5.41 Å². The highest BCUT2D eigenvalue weighted by Crippen LogP contribution is 2.18. The molecule has 5 amide bonds. The van der Waals surface area contributed by atoms with Gasteiger partial charge in [0, 0.05) is 25.9 Å². The smallest absolute Gasteiger partial charge is 0.246 e. The number of rotatable bonds is 15. The molecule has 1 aliphatic rings. The van der Waals surface area contributed by atoms with Crippen molar-refractivity contribution in [3.8, 4) is 5.75 Å². The van der Waals surface area contributed by atoms with Crippen LogP contribution >= 0.6 is 0 Å². The molecule has 0 spiro atoms. The van der Waals surface area contributed by atoms with Crippen molar-refractivity contribution < 1.29 is 29.1 Å². The molecular formula is C40H55N9O6. The highest BCUT2D eigenvalue weighted by molar-refractivity contribution is 5.97. The summed E-state index contributed by atoms with van der Waals surface area (Å²) >= 11 is 0. The summed E-state index contributed by atoms with van der Waals surface area (Å²) in [6.07, 6.45) is 4.69. The number of unbranched alkanes of at least 4 members (excludes halogenated alkanes) is 4. The zero-order chi connectivity index (χ0) is 39.7. The van der Waals surface area contributed by atoms with Crippen molar-refractivity contribution >= 4 is 46.3 Å². The number of hydrogen-bond donors (Lipinski definition) is 9. The number of nitrogens with zero attached hydrogens (tertiary/aromatic N) is 1. The third-order valence-electron chi connectivity index (χ3n) is 9.67. The second-order valence-corrected chi connectivity index (χ2v) is 14.0. The number of nitrogens with two attached hydrogens (primary N) is 2. The molecule has 0 bridgehead atoms. The summed E-state index contributed by atoms with van der Waals surface area (Å²) in [5.74, 6) is -3.17. The Balaban J connectivity index is 1.67. The highest BCUT2D eigenvalue weighted by atomic mass is 16.3. The summed E-state index contributed by atoms with van der Waals surface area (Å²) in [4.78, 5) is 71.1. The van der Waals surface area contributed by atoms with Crippen LogP contribution in [0.3, 0.4) is 0 Å². The van der Waals surface area contributed by atoms with Gasteiger partial charge in [-0.3, -0.25) is 29.4 Å². The van der Waals surface area contributed by atoms with Crippen LogP contribution in [0.4, 0.5) is 0 Å². The van der Waals surface area contributed by atoms with E-state index in [2.05, 4.69) is 26.6 Å². The number of hydrogen-bond acceptors (Lipinski definition) is 8. The van der Waals surface area contributed by atoms with E-state index in [-0.39, 0.29) is 44.1 Å². The standard InChI is InChI=1S/C40H55N9O6/c1-26-36(52)47-32(12-9-20-44-40(42)43)38(54)48-33(24-28-13-16-29-10-5-6-11-30(29)22-28)37(53)45-25-35(51)46-34(23-27-14-17-31(50)18-15-27)39(55)49(26)21-8-4-2-3-7-19-41/h5-6,10-11,13-18,22,26,32-34,50H,2-4,7-9,12,19-21,23-25,41H2,1H3,(H,45,53)(H,46,51)(H,47,52)(H,48,54)(H4,42,43,44)/t26-,32+,33+,34-/m1/s1. The first-order valence-corrected chi connectivity index (χ1v) is 19.0. The van der Waals surface area contributed by atoms with Gasteiger partial charge in [0.25, 0.3) is 0 Å². The molecule has 0 saturated carbocycles. The zero-order valence-corrected chi connectivity index (χ0v) is 31.4. The average Bonchev–Trinajstić information content (AvgIpc) is 3.17. The van der Waals surface area contributed by atoms with Crippen LogP contribution < -0.4 is 38.1 Å². The molecule has 1 aliphatic heterocycles. The Morgan fingerprint density at radius 1 is 0.782 bits per heavy atom. The third-order valence-corrected chi connectivity index (χ3v) is 9.67. The third kappa shape index (κ3) is 13.3. The Morgan fingerprint density at radius 3 is 2.16 bits per heavy atom. The summed E-state index contributed by atoms with van der Waals surface area (Å²) in [7, 11) is 0. The molecule has 3 aromatic rings. The molecule has 0 aliphatic carbocycles. The Kier molecular flexibility index (Phi) is 16.3. The molecule has 4 atom stereocenters. The van der Waals surface area contributed by atoms with Gasteiger partial charge >= 0.3 is 0 Å². The predicted molar refractivity (Wildman–Crippen MR) is 211 cm³/mol. The van der Waals surface area contributed by atoms with Crippen molar-refractivity contribution in [2.24, 2.45) is 11.5 Å². The molecule has 0 unspecified atom stereocenters. The summed E-state index contributed by atoms with van der Waals surface area (Å²) < 4.78 is 0. The van der Waals surface area contributed by atoms with E-state index in [0.29, 0.717) is 24.9 Å². The van der Waals surface area contributed by atoms with Gasteiger partial charge in [-0.05, 0) is 73.2 Å². The van der Waals surface area contributed by atoms with E-state index >= 15 is 0 Å². The normalized spacial score (nSPS) is 20.1. The second kappa shape index (κ2) is 21.3. The van der Waals surface area contributed by atoms with Crippen LogP contribution in [-0.2, 0) is 36.8 Å². The largest absolute Gasteiger partial charge is 0.508 e. The van der Waals surface area contributed by atoms with Crippen molar-refractivity contribution in [3.63, 3.8) is 0 Å². The van der Waals surface area contributed by atoms with Gasteiger partial charge < -0.3 is 48.1 Å². The van der Waals surface area contributed by atoms with E-state index in [9.17, 15) is 29.1 Å². The second-order valence-electron chi connectivity index (χ2n) is 14.0. The first-order chi connectivity index (χ1) is 26.4. The number of phenolic OH excluding ortho intramolecular Hbond substituents is 1. The van der Waals surface area contributed by atoms with E-state index in [1.165, 1.54) is 17.0 Å². The monoisotopic (exact) mass is 757 g/mol. The maximum Gasteiger partial charge on any atom is 0.246 e. The fourth-order valence-electron chi connectivity index (χ4n) is 6.57. The van der Waals surface area contributed by atoms with Crippen LogP contribution in [0.25, 0.3) is 10.8 Å². The molecule has 15 nitrogen and oxygen atoms in total. The van der Waals surface area contributed by atoms with Crippen LogP contribution in [0.2, 0.25) is 0 Å². The minimum absolute atomic E-state index is 0.0403. The van der Waals surface area contributed by atoms with Crippen LogP contribution in [-0.4, -0.2) is 95.8 Å². The highest BCUT2D eigenvalue weighted by Gasteiger charge is 2.35. The van der Waals surface area contributed by atoms with Gasteiger partial charge in [-0.15, -0.1) is 0 Å². The Morgan fingerprint density at radius 2 is 1.44 bits per heavy atom. The van der Waals surface area contributed by atoms with E-state index in [4.69, 9.17) is 16.9 Å². The quantitative estimate of drug-likeness (QED) is 0.0616. The topological polar surface area (TPSA) is 245 Å². The number of fused-ring (bicyclic) bond motifs is 1. The molecule has 1 heterocycles. The summed E-state index contributed by atoms with van der Waals surface area (Å²) in [6.45, 7) is 2.16. The Hall–Kier alpha value is -5.70. The lowest BCUT2D eigenvalue weighted by Crippen LogP contribution is -2.58. The summed E-state index contributed by atoms with van der Waals surface area (Å²) in [5.41, 5.74) is 12.5. The number of aromatic hydroxyl groups is 1. The minimum atomic E-state index is -1.12. The molecule has 0 radical (unpaired) electrons. The van der Waals surface area contributed by atoms with Crippen molar-refractivity contribution in [2.75, 3.05) is 26.2 Å². The average molecular weight is 758 g/mol. The van der Waals surface area contributed by atoms with Crippen molar-refractivity contribution in [1.82, 2.24) is 31.5 Å². The molecule has 55 heavy (non-hydrogen) atoms. The number of benzene rings is 3. The molecular weight excluding hydrogens is 702 g/mol. The number of nitrogens with one attached hydrogen (secondary N) is 6. The van der Waals surface area contributed by atoms with Gasteiger partial charge in [0.1, 0.15) is 29.9 Å². The molecule has 1 fully saturated rings. The van der Waals surface area contributed by atoms with Gasteiger partial charge in [-0.2, -0.15) is 0 Å². The van der Waals surface area contributed by atoms with E-state index < -0.39 is 60.2 Å². The number of carbonyl (C=O) groups is 5. The minimum Gasteiger partial charge on any atom is -0.508 e. The number of phenols is 1. The zero-order valence-electron chi connectivity index (χ0n) is 31.4. The van der Waals surface area contributed by atoms with Crippen LogP contribution in [0.1, 0.15) is 63.0 Å². The lowest BCUT2D eigenvalue weighted by molar-refractivity contribution is -0.143. The van der Waals surface area contributed by atoms with E-state index in [1.807, 2.05) is 42.5 Å². The fourth-order valence-corrected chi connectivity index (χ4v) is 6.57. The Labute approximate surface area is 321 Å². The van der Waals surface area contributed by atoms with Gasteiger partial charge in [-0.1, -0.05) is 73.9 Å². The lowest BCUT2D eigenvalue weighted by atomic mass is 10.0. The summed E-state index contributed by atoms with van der Waals surface area (Å²) in [5, 5.41) is 33.0. The van der Waals surface area contributed by atoms with Crippen LogP contribution in [0.15, 0.2) is 66.7 Å². The maximum atomic E-state index is 14.4. The maximum absolute atomic E-state index is 14.4. The number of carbonyl (C=O) groups excluding carboxylic acids is 5. The first kappa shape index (κ1) is 42.0.